The number of hydrogen-bond acceptors (Lipinski definition) is 4. The molecule has 0 radical (unpaired) electrons. The lowest BCUT2D eigenvalue weighted by atomic mass is 9.77. The van der Waals surface area contributed by atoms with Gasteiger partial charge >= 0.3 is 5.97 Å². The van der Waals surface area contributed by atoms with Gasteiger partial charge in [0, 0.05) is 18.3 Å². The number of nitrogens with one attached hydrogen (secondary N) is 1. The first-order valence-electron chi connectivity index (χ1n) is 13.5. The standard InChI is InChI=1S/C33H37N3O2/c1-3-23-36-25-31(34-26-36)24-27(32(37)38-4-2)15-14-22-35-33(28-16-8-5-9-17-28,29-18-10-6-11-19-29)30-20-12-7-13-21-30/h5-13,16-21,24-26,35H,3-4,14-15,22-23H2,1-2H3/b27-24+. The fraction of sp³-hybridized carbons (Fsp3) is 0.273. The molecule has 0 aliphatic rings. The molecule has 5 nitrogen and oxygen atoms in total. The van der Waals surface area contributed by atoms with E-state index in [1.165, 1.54) is 16.7 Å². The number of carbonyl (C=O) groups is 1. The number of benzene rings is 3. The summed E-state index contributed by atoms with van der Waals surface area (Å²) < 4.78 is 7.42. The third kappa shape index (κ3) is 6.48. The summed E-state index contributed by atoms with van der Waals surface area (Å²) >= 11 is 0. The second-order valence-electron chi connectivity index (χ2n) is 9.30. The Morgan fingerprint density at radius 3 is 1.95 bits per heavy atom. The fourth-order valence-electron chi connectivity index (χ4n) is 4.89. The number of carbonyl (C=O) groups excluding carboxylic acids is 1. The first-order valence-corrected chi connectivity index (χ1v) is 13.5. The lowest BCUT2D eigenvalue weighted by molar-refractivity contribution is -0.138. The van der Waals surface area contributed by atoms with Gasteiger partial charge in [-0.15, -0.1) is 0 Å². The molecule has 1 N–H and O–H groups in total. The smallest absolute Gasteiger partial charge is 0.334 e. The average Bonchev–Trinajstić information content (AvgIpc) is 3.41. The highest BCUT2D eigenvalue weighted by molar-refractivity contribution is 5.93. The van der Waals surface area contributed by atoms with Crippen LogP contribution in [0.2, 0.25) is 0 Å². The van der Waals surface area contributed by atoms with Crippen molar-refractivity contribution in [3.05, 3.63) is 131 Å². The second kappa shape index (κ2) is 13.5. The van der Waals surface area contributed by atoms with Crippen molar-refractivity contribution < 1.29 is 9.53 Å². The molecule has 0 bridgehead atoms. The molecule has 3 aromatic carbocycles. The fourth-order valence-corrected chi connectivity index (χ4v) is 4.89. The third-order valence-electron chi connectivity index (χ3n) is 6.63. The van der Waals surface area contributed by atoms with Crippen molar-refractivity contribution in [2.45, 2.75) is 45.2 Å². The quantitative estimate of drug-likeness (QED) is 0.0958. The van der Waals surface area contributed by atoms with Crippen molar-refractivity contribution in [3.8, 4) is 0 Å². The van der Waals surface area contributed by atoms with E-state index in [9.17, 15) is 4.79 Å². The molecule has 38 heavy (non-hydrogen) atoms. The summed E-state index contributed by atoms with van der Waals surface area (Å²) in [4.78, 5) is 17.3. The minimum absolute atomic E-state index is 0.280. The Labute approximate surface area is 226 Å². The van der Waals surface area contributed by atoms with E-state index in [0.717, 1.165) is 25.1 Å². The van der Waals surface area contributed by atoms with Crippen molar-refractivity contribution in [3.63, 3.8) is 0 Å². The lowest BCUT2D eigenvalue weighted by Gasteiger charge is -2.37. The van der Waals surface area contributed by atoms with Crippen molar-refractivity contribution in [1.29, 1.82) is 0 Å². The van der Waals surface area contributed by atoms with Crippen LogP contribution in [0.3, 0.4) is 0 Å². The highest BCUT2D eigenvalue weighted by Gasteiger charge is 2.35. The van der Waals surface area contributed by atoms with Gasteiger partial charge in [-0.1, -0.05) is 97.9 Å². The molecule has 196 valence electrons. The molecule has 0 saturated heterocycles. The molecular weight excluding hydrogens is 470 g/mol. The van der Waals surface area contributed by atoms with Gasteiger partial charge < -0.3 is 9.30 Å². The van der Waals surface area contributed by atoms with E-state index in [2.05, 4.69) is 90.0 Å². The van der Waals surface area contributed by atoms with Crippen molar-refractivity contribution in [2.75, 3.05) is 13.2 Å². The SMILES string of the molecule is CCCn1cnc(/C=C(\CCCNC(c2ccccc2)(c2ccccc2)c2ccccc2)C(=O)OCC)c1. The highest BCUT2D eigenvalue weighted by atomic mass is 16.5. The summed E-state index contributed by atoms with van der Waals surface area (Å²) in [5, 5.41) is 3.89. The van der Waals surface area contributed by atoms with Gasteiger partial charge in [0.05, 0.1) is 24.2 Å². The number of esters is 1. The Bertz CT molecular complexity index is 1200. The summed E-state index contributed by atoms with van der Waals surface area (Å²) in [5.74, 6) is -0.280. The number of aromatic nitrogens is 2. The van der Waals surface area contributed by atoms with Crippen molar-refractivity contribution in [2.24, 2.45) is 0 Å². The van der Waals surface area contributed by atoms with E-state index in [-0.39, 0.29) is 5.97 Å². The Morgan fingerprint density at radius 2 is 1.45 bits per heavy atom. The van der Waals surface area contributed by atoms with Gasteiger partial charge in [-0.25, -0.2) is 9.78 Å². The molecule has 0 fully saturated rings. The van der Waals surface area contributed by atoms with Gasteiger partial charge in [0.1, 0.15) is 0 Å². The van der Waals surface area contributed by atoms with E-state index in [1.807, 2.05) is 48.3 Å². The monoisotopic (exact) mass is 507 g/mol. The molecule has 0 atom stereocenters. The topological polar surface area (TPSA) is 56.2 Å². The van der Waals surface area contributed by atoms with Crippen LogP contribution >= 0.6 is 0 Å². The average molecular weight is 508 g/mol. The van der Waals surface area contributed by atoms with E-state index in [4.69, 9.17) is 4.74 Å². The normalized spacial score (nSPS) is 11.9. The molecule has 0 spiro atoms. The maximum atomic E-state index is 12.8. The van der Waals surface area contributed by atoms with Crippen LogP contribution in [0.4, 0.5) is 0 Å². The third-order valence-corrected chi connectivity index (χ3v) is 6.63. The molecule has 0 aliphatic carbocycles. The summed E-state index contributed by atoms with van der Waals surface area (Å²) in [6.07, 6.45) is 8.03. The molecule has 0 unspecified atom stereocenters. The predicted octanol–water partition coefficient (Wildman–Crippen LogP) is 6.60. The Hall–Kier alpha value is -3.96. The van der Waals surface area contributed by atoms with Crippen LogP contribution in [-0.2, 0) is 21.6 Å². The van der Waals surface area contributed by atoms with Crippen molar-refractivity contribution >= 4 is 12.0 Å². The molecule has 0 aliphatic heterocycles. The number of nitrogens with zero attached hydrogens (tertiary/aromatic N) is 2. The minimum atomic E-state index is -0.531. The Kier molecular flexibility index (Phi) is 9.65. The summed E-state index contributed by atoms with van der Waals surface area (Å²) in [5.41, 5.74) is 4.39. The molecule has 4 rings (SSSR count). The number of aryl methyl sites for hydroxylation is 1. The molecule has 0 saturated carbocycles. The molecular formula is C33H37N3O2. The van der Waals surface area contributed by atoms with Crippen LogP contribution in [-0.4, -0.2) is 28.7 Å². The van der Waals surface area contributed by atoms with Gasteiger partial charge in [-0.05, 0) is 55.5 Å². The first-order chi connectivity index (χ1) is 18.7. The molecule has 4 aromatic rings. The Balaban J connectivity index is 1.60. The zero-order valence-electron chi connectivity index (χ0n) is 22.3. The number of ether oxygens (including phenoxy) is 1. The van der Waals surface area contributed by atoms with Gasteiger partial charge in [0.2, 0.25) is 0 Å². The van der Waals surface area contributed by atoms with Gasteiger partial charge in [0.25, 0.3) is 0 Å². The molecule has 1 heterocycles. The van der Waals surface area contributed by atoms with E-state index in [0.29, 0.717) is 25.1 Å². The first kappa shape index (κ1) is 27.1. The molecule has 5 heteroatoms. The maximum Gasteiger partial charge on any atom is 0.334 e. The predicted molar refractivity (Wildman–Crippen MR) is 154 cm³/mol. The van der Waals surface area contributed by atoms with Crippen LogP contribution < -0.4 is 5.32 Å². The summed E-state index contributed by atoms with van der Waals surface area (Å²) in [6, 6.07) is 31.6. The highest BCUT2D eigenvalue weighted by Crippen LogP contribution is 2.36. The number of rotatable bonds is 13. The van der Waals surface area contributed by atoms with E-state index < -0.39 is 5.54 Å². The second-order valence-corrected chi connectivity index (χ2v) is 9.30. The molecule has 1 aromatic heterocycles. The van der Waals surface area contributed by atoms with Crippen LogP contribution in [0.5, 0.6) is 0 Å². The van der Waals surface area contributed by atoms with Crippen LogP contribution in [0.15, 0.2) is 109 Å². The number of hydrogen-bond donors (Lipinski definition) is 1. The van der Waals surface area contributed by atoms with Gasteiger partial charge in [0.15, 0.2) is 0 Å². The van der Waals surface area contributed by atoms with Gasteiger partial charge in [-0.3, -0.25) is 5.32 Å². The van der Waals surface area contributed by atoms with E-state index in [1.54, 1.807) is 0 Å². The maximum absolute atomic E-state index is 12.8. The number of imidazole rings is 1. The zero-order chi connectivity index (χ0) is 26.6. The largest absolute Gasteiger partial charge is 0.463 e. The summed E-state index contributed by atoms with van der Waals surface area (Å²) in [6.45, 7) is 5.91. The van der Waals surface area contributed by atoms with Crippen LogP contribution in [0, 0.1) is 0 Å². The van der Waals surface area contributed by atoms with Gasteiger partial charge in [-0.2, -0.15) is 0 Å². The Morgan fingerprint density at radius 1 is 0.895 bits per heavy atom. The molecule has 0 amide bonds. The summed E-state index contributed by atoms with van der Waals surface area (Å²) in [7, 11) is 0. The lowest BCUT2D eigenvalue weighted by Crippen LogP contribution is -2.45. The zero-order valence-corrected chi connectivity index (χ0v) is 22.3. The van der Waals surface area contributed by atoms with Crippen LogP contribution in [0.25, 0.3) is 6.08 Å². The minimum Gasteiger partial charge on any atom is -0.463 e. The van der Waals surface area contributed by atoms with Crippen LogP contribution in [0.1, 0.15) is 55.5 Å². The van der Waals surface area contributed by atoms with Crippen molar-refractivity contribution in [1.82, 2.24) is 14.9 Å². The van der Waals surface area contributed by atoms with E-state index >= 15 is 0 Å².